The number of benzene rings is 1. The molecule has 1 N–H and O–H groups in total. The standard InChI is InChI=1S/C12H21NO2Si.ClH/c1-14-16(3,15-2)11-7-10-13-12-8-5-4-6-9-12;/h4-6,8-9,13H,7,10-11H2,1-3H3;1H. The number of rotatable bonds is 7. The first-order valence-corrected chi connectivity index (χ1v) is 8.12. The second-order valence-electron chi connectivity index (χ2n) is 3.94. The lowest BCUT2D eigenvalue weighted by Crippen LogP contribution is -2.36. The third-order valence-electron chi connectivity index (χ3n) is 2.77. The lowest BCUT2D eigenvalue weighted by Gasteiger charge is -2.22. The summed E-state index contributed by atoms with van der Waals surface area (Å²) in [6.45, 7) is 3.05. The first kappa shape index (κ1) is 16.4. The maximum atomic E-state index is 5.43. The van der Waals surface area contributed by atoms with E-state index in [1.807, 2.05) is 18.2 Å². The van der Waals surface area contributed by atoms with Crippen molar-refractivity contribution < 1.29 is 8.85 Å². The zero-order valence-corrected chi connectivity index (χ0v) is 12.5. The van der Waals surface area contributed by atoms with Gasteiger partial charge in [-0.15, -0.1) is 12.4 Å². The quantitative estimate of drug-likeness (QED) is 0.612. The van der Waals surface area contributed by atoms with Gasteiger partial charge in [-0.05, 0) is 31.1 Å². The van der Waals surface area contributed by atoms with Crippen LogP contribution in [0.3, 0.4) is 0 Å². The molecule has 0 spiro atoms. The minimum atomic E-state index is -1.88. The van der Waals surface area contributed by atoms with Crippen LogP contribution in [0, 0.1) is 0 Å². The van der Waals surface area contributed by atoms with Gasteiger partial charge < -0.3 is 14.2 Å². The van der Waals surface area contributed by atoms with E-state index in [2.05, 4.69) is 24.0 Å². The summed E-state index contributed by atoms with van der Waals surface area (Å²) in [6, 6.07) is 11.2. The summed E-state index contributed by atoms with van der Waals surface area (Å²) in [7, 11) is 1.60. The summed E-state index contributed by atoms with van der Waals surface area (Å²) in [4.78, 5) is 0. The molecule has 0 atom stereocenters. The Hall–Kier alpha value is -0.553. The van der Waals surface area contributed by atoms with E-state index in [9.17, 15) is 0 Å². The van der Waals surface area contributed by atoms with Crippen molar-refractivity contribution in [2.75, 3.05) is 26.1 Å². The number of hydrogen-bond acceptors (Lipinski definition) is 3. The largest absolute Gasteiger partial charge is 0.398 e. The first-order chi connectivity index (χ1) is 7.70. The zero-order valence-electron chi connectivity index (χ0n) is 10.7. The van der Waals surface area contributed by atoms with Crippen molar-refractivity contribution in [1.82, 2.24) is 0 Å². The monoisotopic (exact) mass is 275 g/mol. The molecule has 3 nitrogen and oxygen atoms in total. The van der Waals surface area contributed by atoms with Crippen LogP contribution in [0.2, 0.25) is 12.6 Å². The highest BCUT2D eigenvalue weighted by Gasteiger charge is 2.27. The molecular weight excluding hydrogens is 254 g/mol. The number of nitrogens with one attached hydrogen (secondary N) is 1. The molecule has 0 aliphatic carbocycles. The van der Waals surface area contributed by atoms with E-state index in [1.165, 1.54) is 5.69 Å². The summed E-state index contributed by atoms with van der Waals surface area (Å²) in [6.07, 6.45) is 1.07. The van der Waals surface area contributed by atoms with Gasteiger partial charge in [-0.1, -0.05) is 18.2 Å². The molecule has 0 saturated heterocycles. The number of anilines is 1. The molecule has 1 aromatic carbocycles. The molecule has 0 unspecified atom stereocenters. The number of hydrogen-bond donors (Lipinski definition) is 1. The lowest BCUT2D eigenvalue weighted by molar-refractivity contribution is 0.249. The van der Waals surface area contributed by atoms with E-state index < -0.39 is 8.56 Å². The van der Waals surface area contributed by atoms with Gasteiger partial charge in [-0.25, -0.2) is 0 Å². The zero-order chi connectivity index (χ0) is 11.9. The van der Waals surface area contributed by atoms with Gasteiger partial charge in [0.25, 0.3) is 0 Å². The average Bonchev–Trinajstić information content (AvgIpc) is 2.36. The van der Waals surface area contributed by atoms with Gasteiger partial charge in [0.2, 0.25) is 0 Å². The second kappa shape index (κ2) is 8.52. The van der Waals surface area contributed by atoms with Crippen LogP contribution >= 0.6 is 12.4 Å². The Morgan fingerprint density at radius 2 is 1.71 bits per heavy atom. The van der Waals surface area contributed by atoms with Crippen molar-refractivity contribution in [2.24, 2.45) is 0 Å². The van der Waals surface area contributed by atoms with Gasteiger partial charge in [0.05, 0.1) is 0 Å². The van der Waals surface area contributed by atoms with E-state index in [0.29, 0.717) is 0 Å². The fraction of sp³-hybridized carbons (Fsp3) is 0.500. The maximum absolute atomic E-state index is 5.43. The van der Waals surface area contributed by atoms with E-state index in [1.54, 1.807) is 14.2 Å². The molecule has 0 amide bonds. The highest BCUT2D eigenvalue weighted by Crippen LogP contribution is 2.14. The van der Waals surface area contributed by atoms with Crippen LogP contribution in [0.4, 0.5) is 5.69 Å². The minimum Gasteiger partial charge on any atom is -0.398 e. The molecule has 0 fully saturated rings. The molecule has 0 saturated carbocycles. The second-order valence-corrected chi connectivity index (χ2v) is 7.52. The fourth-order valence-electron chi connectivity index (χ4n) is 1.49. The first-order valence-electron chi connectivity index (χ1n) is 5.59. The van der Waals surface area contributed by atoms with Crippen molar-refractivity contribution in [3.05, 3.63) is 30.3 Å². The summed E-state index contributed by atoms with van der Waals surface area (Å²) in [5.74, 6) is 0. The number of para-hydroxylation sites is 1. The van der Waals surface area contributed by atoms with Gasteiger partial charge in [-0.2, -0.15) is 0 Å². The number of halogens is 1. The lowest BCUT2D eigenvalue weighted by atomic mass is 10.3. The molecule has 0 heterocycles. The smallest absolute Gasteiger partial charge is 0.334 e. The van der Waals surface area contributed by atoms with E-state index >= 15 is 0 Å². The average molecular weight is 276 g/mol. The van der Waals surface area contributed by atoms with Crippen LogP contribution in [-0.2, 0) is 8.85 Å². The van der Waals surface area contributed by atoms with Crippen LogP contribution in [0.5, 0.6) is 0 Å². The molecule has 0 aliphatic heterocycles. The molecular formula is C12H22ClNO2Si. The van der Waals surface area contributed by atoms with E-state index in [-0.39, 0.29) is 12.4 Å². The molecule has 5 heteroatoms. The Balaban J connectivity index is 0.00000256. The van der Waals surface area contributed by atoms with Crippen LogP contribution in [0.1, 0.15) is 6.42 Å². The molecule has 1 aromatic rings. The van der Waals surface area contributed by atoms with Crippen molar-refractivity contribution in [3.8, 4) is 0 Å². The summed E-state index contributed by atoms with van der Waals surface area (Å²) >= 11 is 0. The van der Waals surface area contributed by atoms with Crippen molar-refractivity contribution in [1.29, 1.82) is 0 Å². The molecule has 17 heavy (non-hydrogen) atoms. The maximum Gasteiger partial charge on any atom is 0.334 e. The molecule has 98 valence electrons. The SMILES string of the molecule is CO[Si](C)(CCCNc1ccccc1)OC.Cl. The third-order valence-corrected chi connectivity index (χ3v) is 5.76. The fourth-order valence-corrected chi connectivity index (χ4v) is 2.88. The predicted octanol–water partition coefficient (Wildman–Crippen LogP) is 3.28. The van der Waals surface area contributed by atoms with Crippen LogP contribution in [-0.4, -0.2) is 29.3 Å². The van der Waals surface area contributed by atoms with Gasteiger partial charge >= 0.3 is 8.56 Å². The Bertz CT molecular complexity index is 294. The van der Waals surface area contributed by atoms with Crippen molar-refractivity contribution >= 4 is 26.7 Å². The molecule has 1 rings (SSSR count). The van der Waals surface area contributed by atoms with Crippen LogP contribution in [0.25, 0.3) is 0 Å². The predicted molar refractivity (Wildman–Crippen MR) is 77.2 cm³/mol. The van der Waals surface area contributed by atoms with Gasteiger partial charge in [0.1, 0.15) is 0 Å². The Kier molecular flexibility index (Phi) is 8.25. The normalized spacial score (nSPS) is 10.8. The molecule has 0 radical (unpaired) electrons. The highest BCUT2D eigenvalue weighted by molar-refractivity contribution is 6.65. The van der Waals surface area contributed by atoms with E-state index in [0.717, 1.165) is 19.0 Å². The van der Waals surface area contributed by atoms with E-state index in [4.69, 9.17) is 8.85 Å². The molecule has 0 bridgehead atoms. The Labute approximate surface area is 111 Å². The van der Waals surface area contributed by atoms with Crippen molar-refractivity contribution in [2.45, 2.75) is 19.0 Å². The Morgan fingerprint density at radius 1 is 1.12 bits per heavy atom. The van der Waals surface area contributed by atoms with Gasteiger partial charge in [0.15, 0.2) is 0 Å². The van der Waals surface area contributed by atoms with Crippen molar-refractivity contribution in [3.63, 3.8) is 0 Å². The summed E-state index contributed by atoms with van der Waals surface area (Å²) < 4.78 is 10.9. The summed E-state index contributed by atoms with van der Waals surface area (Å²) in [5.41, 5.74) is 1.17. The van der Waals surface area contributed by atoms with Gasteiger partial charge in [0, 0.05) is 26.5 Å². The Morgan fingerprint density at radius 3 is 2.24 bits per heavy atom. The molecule has 0 aromatic heterocycles. The summed E-state index contributed by atoms with van der Waals surface area (Å²) in [5, 5.41) is 3.38. The third kappa shape index (κ3) is 6.07. The molecule has 0 aliphatic rings. The van der Waals surface area contributed by atoms with Crippen LogP contribution < -0.4 is 5.32 Å². The topological polar surface area (TPSA) is 30.5 Å². The highest BCUT2D eigenvalue weighted by atomic mass is 35.5. The van der Waals surface area contributed by atoms with Crippen LogP contribution in [0.15, 0.2) is 30.3 Å². The minimum absolute atomic E-state index is 0. The van der Waals surface area contributed by atoms with Gasteiger partial charge in [-0.3, -0.25) is 0 Å².